The number of rotatable bonds is 13. The van der Waals surface area contributed by atoms with E-state index >= 15 is 0 Å². The molecule has 1 saturated carbocycles. The first-order chi connectivity index (χ1) is 15.1. The average Bonchev–Trinajstić information content (AvgIpc) is 3.24. The highest BCUT2D eigenvalue weighted by atomic mass is 16.7. The van der Waals surface area contributed by atoms with Gasteiger partial charge < -0.3 is 14.2 Å². The van der Waals surface area contributed by atoms with Crippen LogP contribution in [0.5, 0.6) is 0 Å². The third-order valence-corrected chi connectivity index (χ3v) is 6.86. The van der Waals surface area contributed by atoms with Crippen molar-refractivity contribution < 1.29 is 19.0 Å². The fourth-order valence-corrected chi connectivity index (χ4v) is 4.99. The maximum Gasteiger partial charge on any atom is 0.373 e. The first-order valence-corrected chi connectivity index (χ1v) is 12.6. The van der Waals surface area contributed by atoms with Crippen LogP contribution in [-0.4, -0.2) is 26.0 Å². The largest absolute Gasteiger partial charge is 0.463 e. The Hall–Kier alpha value is -1.47. The van der Waals surface area contributed by atoms with E-state index in [1.807, 2.05) is 13.0 Å². The summed E-state index contributed by atoms with van der Waals surface area (Å²) in [7, 11) is 1.40. The highest BCUT2D eigenvalue weighted by Crippen LogP contribution is 2.38. The zero-order chi connectivity index (χ0) is 22.3. The van der Waals surface area contributed by atoms with Gasteiger partial charge in [-0.15, -0.1) is 11.8 Å². The molecule has 0 radical (unpaired) electrons. The Morgan fingerprint density at radius 2 is 1.87 bits per heavy atom. The number of carbonyl (C=O) groups is 1. The summed E-state index contributed by atoms with van der Waals surface area (Å²) in [5.74, 6) is 8.68. The number of ether oxygens (including phenoxy) is 3. The Bertz CT molecular complexity index is 594. The van der Waals surface area contributed by atoms with Crippen molar-refractivity contribution >= 4 is 5.97 Å². The monoisotopic (exact) mass is 432 g/mol. The molecule has 4 nitrogen and oxygen atoms in total. The summed E-state index contributed by atoms with van der Waals surface area (Å²) >= 11 is 0. The number of hydrogen-bond donors (Lipinski definition) is 0. The molecule has 1 saturated heterocycles. The van der Waals surface area contributed by atoms with Gasteiger partial charge in [0.2, 0.25) is 5.76 Å². The summed E-state index contributed by atoms with van der Waals surface area (Å²) in [4.78, 5) is 12.0. The summed E-state index contributed by atoms with van der Waals surface area (Å²) in [6, 6.07) is 0. The standard InChI is InChI=1S/C27H44O4/c1-4-5-13-22(2)14-11-16-24-18-12-17-23(24)15-7-6-8-19-25(27(28)29-3)31-26-20-9-10-21-30-26/h19,22-24,26H,6-18,20-21H2,1-3H3/t22?,23-,24-,26?/m0/s1. The van der Waals surface area contributed by atoms with E-state index in [1.54, 1.807) is 0 Å². The zero-order valence-corrected chi connectivity index (χ0v) is 20.1. The molecule has 2 unspecified atom stereocenters. The van der Waals surface area contributed by atoms with Crippen molar-refractivity contribution in [1.82, 2.24) is 0 Å². The van der Waals surface area contributed by atoms with E-state index in [-0.39, 0.29) is 6.29 Å². The third-order valence-electron chi connectivity index (χ3n) is 6.86. The van der Waals surface area contributed by atoms with Gasteiger partial charge in [0.05, 0.1) is 13.7 Å². The molecule has 0 N–H and O–H groups in total. The van der Waals surface area contributed by atoms with Crippen molar-refractivity contribution in [3.8, 4) is 11.8 Å². The van der Waals surface area contributed by atoms with Crippen LogP contribution in [0.25, 0.3) is 0 Å². The molecule has 176 valence electrons. The van der Waals surface area contributed by atoms with E-state index in [0.717, 1.165) is 56.3 Å². The molecule has 2 rings (SSSR count). The first-order valence-electron chi connectivity index (χ1n) is 12.6. The molecule has 1 aliphatic carbocycles. The van der Waals surface area contributed by atoms with Gasteiger partial charge >= 0.3 is 5.97 Å². The van der Waals surface area contributed by atoms with Crippen molar-refractivity contribution in [3.63, 3.8) is 0 Å². The molecule has 0 bridgehead atoms. The van der Waals surface area contributed by atoms with Crippen LogP contribution in [-0.2, 0) is 19.0 Å². The van der Waals surface area contributed by atoms with Crippen LogP contribution in [0.4, 0.5) is 0 Å². The summed E-state index contributed by atoms with van der Waals surface area (Å²) in [5, 5.41) is 0. The van der Waals surface area contributed by atoms with Crippen LogP contribution in [0, 0.1) is 29.6 Å². The van der Waals surface area contributed by atoms with E-state index in [2.05, 4.69) is 18.8 Å². The van der Waals surface area contributed by atoms with Crippen molar-refractivity contribution in [3.05, 3.63) is 11.8 Å². The number of methoxy groups -OCH3 is 1. The van der Waals surface area contributed by atoms with Crippen LogP contribution in [0.3, 0.4) is 0 Å². The SMILES string of the molecule is CC#CCC(C)CCC[C@H]1CCC[C@@H]1CCCCC=C(OC1CCCCO1)C(=O)OC. The van der Waals surface area contributed by atoms with Gasteiger partial charge in [0.25, 0.3) is 0 Å². The Labute approximate surface area is 190 Å². The zero-order valence-electron chi connectivity index (χ0n) is 20.1. The smallest absolute Gasteiger partial charge is 0.373 e. The molecule has 0 aromatic rings. The molecule has 31 heavy (non-hydrogen) atoms. The maximum absolute atomic E-state index is 12.0. The number of carbonyl (C=O) groups excluding carboxylic acids is 1. The highest BCUT2D eigenvalue weighted by Gasteiger charge is 2.26. The molecule has 0 amide bonds. The normalized spacial score (nSPS) is 24.9. The van der Waals surface area contributed by atoms with Gasteiger partial charge in [0, 0.05) is 12.8 Å². The minimum atomic E-state index is -0.399. The van der Waals surface area contributed by atoms with Crippen molar-refractivity contribution in [2.45, 2.75) is 110 Å². The van der Waals surface area contributed by atoms with Gasteiger partial charge in [0.1, 0.15) is 0 Å². The first kappa shape index (κ1) is 25.8. The molecule has 4 heteroatoms. The molecule has 0 aromatic heterocycles. The van der Waals surface area contributed by atoms with Gasteiger partial charge in [-0.3, -0.25) is 0 Å². The summed E-state index contributed by atoms with van der Waals surface area (Å²) in [6.07, 6.45) is 18.3. The lowest BCUT2D eigenvalue weighted by atomic mass is 9.86. The second-order valence-corrected chi connectivity index (χ2v) is 9.38. The minimum absolute atomic E-state index is 0.310. The fraction of sp³-hybridized carbons (Fsp3) is 0.815. The van der Waals surface area contributed by atoms with Gasteiger partial charge in [-0.1, -0.05) is 51.9 Å². The van der Waals surface area contributed by atoms with Gasteiger partial charge in [0.15, 0.2) is 6.29 Å². The van der Waals surface area contributed by atoms with Crippen molar-refractivity contribution in [2.75, 3.05) is 13.7 Å². The lowest BCUT2D eigenvalue weighted by Crippen LogP contribution is -2.24. The molecule has 2 fully saturated rings. The number of hydrogen-bond acceptors (Lipinski definition) is 4. The second kappa shape index (κ2) is 15.4. The van der Waals surface area contributed by atoms with Crippen LogP contribution in [0.2, 0.25) is 0 Å². The predicted octanol–water partition coefficient (Wildman–Crippen LogP) is 6.78. The number of esters is 1. The molecule has 1 aliphatic heterocycles. The van der Waals surface area contributed by atoms with Crippen LogP contribution in [0.1, 0.15) is 104 Å². The molecule has 2 aliphatic rings. The van der Waals surface area contributed by atoms with E-state index in [4.69, 9.17) is 14.2 Å². The Morgan fingerprint density at radius 3 is 2.55 bits per heavy atom. The van der Waals surface area contributed by atoms with Crippen LogP contribution in [0.15, 0.2) is 11.8 Å². The Kier molecular flexibility index (Phi) is 12.8. The Balaban J connectivity index is 1.66. The van der Waals surface area contributed by atoms with E-state index in [9.17, 15) is 4.79 Å². The summed E-state index contributed by atoms with van der Waals surface area (Å²) in [5.41, 5.74) is 0. The van der Waals surface area contributed by atoms with Crippen molar-refractivity contribution in [1.29, 1.82) is 0 Å². The van der Waals surface area contributed by atoms with Gasteiger partial charge in [-0.05, 0) is 62.9 Å². The molecule has 0 aromatic carbocycles. The minimum Gasteiger partial charge on any atom is -0.463 e. The molecular formula is C27H44O4. The molecule has 0 spiro atoms. The number of allylic oxidation sites excluding steroid dienone is 1. The lowest BCUT2D eigenvalue weighted by Gasteiger charge is -2.24. The summed E-state index contributed by atoms with van der Waals surface area (Å²) < 4.78 is 16.3. The van der Waals surface area contributed by atoms with Crippen molar-refractivity contribution in [2.24, 2.45) is 17.8 Å². The Morgan fingerprint density at radius 1 is 1.10 bits per heavy atom. The van der Waals surface area contributed by atoms with E-state index in [0.29, 0.717) is 12.4 Å². The highest BCUT2D eigenvalue weighted by molar-refractivity contribution is 5.86. The fourth-order valence-electron chi connectivity index (χ4n) is 4.99. The quantitative estimate of drug-likeness (QED) is 0.106. The third kappa shape index (κ3) is 10.1. The maximum atomic E-state index is 12.0. The predicted molar refractivity (Wildman–Crippen MR) is 125 cm³/mol. The molecular weight excluding hydrogens is 388 g/mol. The van der Waals surface area contributed by atoms with Gasteiger partial charge in [-0.25, -0.2) is 4.79 Å². The number of unbranched alkanes of at least 4 members (excludes halogenated alkanes) is 2. The van der Waals surface area contributed by atoms with E-state index < -0.39 is 5.97 Å². The summed E-state index contributed by atoms with van der Waals surface area (Å²) in [6.45, 7) is 4.96. The van der Waals surface area contributed by atoms with Crippen LogP contribution < -0.4 is 0 Å². The molecule has 4 atom stereocenters. The lowest BCUT2D eigenvalue weighted by molar-refractivity contribution is -0.162. The topological polar surface area (TPSA) is 44.8 Å². The van der Waals surface area contributed by atoms with Crippen LogP contribution >= 0.6 is 0 Å². The average molecular weight is 433 g/mol. The molecule has 1 heterocycles. The van der Waals surface area contributed by atoms with Gasteiger partial charge in [-0.2, -0.15) is 0 Å². The van der Waals surface area contributed by atoms with E-state index in [1.165, 1.54) is 58.5 Å². The second-order valence-electron chi connectivity index (χ2n) is 9.38.